The molecule has 0 amide bonds. The van der Waals surface area contributed by atoms with Crippen molar-refractivity contribution in [2.75, 3.05) is 12.8 Å². The van der Waals surface area contributed by atoms with Crippen LogP contribution in [0, 0.1) is 0 Å². The van der Waals surface area contributed by atoms with Crippen molar-refractivity contribution in [2.24, 2.45) is 0 Å². The Bertz CT molecular complexity index is 731. The second-order valence-electron chi connectivity index (χ2n) is 4.32. The number of hydrogen-bond acceptors (Lipinski definition) is 4. The van der Waals surface area contributed by atoms with E-state index in [-0.39, 0.29) is 4.90 Å². The van der Waals surface area contributed by atoms with E-state index in [9.17, 15) is 8.42 Å². The maximum atomic E-state index is 11.7. The summed E-state index contributed by atoms with van der Waals surface area (Å²) in [5.41, 5.74) is 7.50. The highest BCUT2D eigenvalue weighted by Crippen LogP contribution is 2.30. The molecule has 0 unspecified atom stereocenters. The van der Waals surface area contributed by atoms with Gasteiger partial charge in [-0.15, -0.1) is 11.8 Å². The van der Waals surface area contributed by atoms with Gasteiger partial charge in [-0.3, -0.25) is 0 Å². The molecule has 0 saturated carbocycles. The molecule has 0 radical (unpaired) electrons. The normalized spacial score (nSPS) is 11.5. The SMILES string of the molecule is CNS(=O)(=O)c1ccc(SCc2ccc(Cl)cc2)c(N)c1. The van der Waals surface area contributed by atoms with Crippen LogP contribution in [0.5, 0.6) is 0 Å². The van der Waals surface area contributed by atoms with Crippen molar-refractivity contribution in [1.29, 1.82) is 0 Å². The van der Waals surface area contributed by atoms with Gasteiger partial charge in [-0.05, 0) is 42.9 Å². The van der Waals surface area contributed by atoms with E-state index in [1.165, 1.54) is 13.1 Å². The molecule has 7 heteroatoms. The average Bonchev–Trinajstić information content (AvgIpc) is 2.47. The number of hydrogen-bond donors (Lipinski definition) is 2. The fourth-order valence-electron chi connectivity index (χ4n) is 1.68. The molecule has 21 heavy (non-hydrogen) atoms. The molecule has 2 aromatic carbocycles. The Morgan fingerprint density at radius 3 is 2.43 bits per heavy atom. The van der Waals surface area contributed by atoms with Gasteiger partial charge in [0.25, 0.3) is 0 Å². The van der Waals surface area contributed by atoms with Gasteiger partial charge in [0.15, 0.2) is 0 Å². The van der Waals surface area contributed by atoms with Crippen molar-refractivity contribution in [3.63, 3.8) is 0 Å². The number of sulfonamides is 1. The quantitative estimate of drug-likeness (QED) is 0.647. The van der Waals surface area contributed by atoms with Gasteiger partial charge in [0.2, 0.25) is 10.0 Å². The maximum Gasteiger partial charge on any atom is 0.240 e. The second kappa shape index (κ2) is 6.70. The Morgan fingerprint density at radius 1 is 1.19 bits per heavy atom. The summed E-state index contributed by atoms with van der Waals surface area (Å²) in [5, 5.41) is 0.699. The van der Waals surface area contributed by atoms with Gasteiger partial charge in [-0.25, -0.2) is 13.1 Å². The molecule has 112 valence electrons. The summed E-state index contributed by atoms with van der Waals surface area (Å²) < 4.78 is 25.6. The van der Waals surface area contributed by atoms with E-state index in [4.69, 9.17) is 17.3 Å². The number of rotatable bonds is 5. The minimum Gasteiger partial charge on any atom is -0.398 e. The largest absolute Gasteiger partial charge is 0.398 e. The van der Waals surface area contributed by atoms with Gasteiger partial charge in [0.05, 0.1) is 4.90 Å². The molecule has 0 bridgehead atoms. The third-order valence-electron chi connectivity index (χ3n) is 2.87. The van der Waals surface area contributed by atoms with Crippen LogP contribution < -0.4 is 10.5 Å². The number of nitrogen functional groups attached to an aromatic ring is 1. The molecular formula is C14H15ClN2O2S2. The molecule has 0 spiro atoms. The van der Waals surface area contributed by atoms with Crippen LogP contribution in [0.15, 0.2) is 52.3 Å². The fraction of sp³-hybridized carbons (Fsp3) is 0.143. The van der Waals surface area contributed by atoms with Crippen molar-refractivity contribution in [1.82, 2.24) is 4.72 Å². The Hall–Kier alpha value is -1.21. The van der Waals surface area contributed by atoms with Gasteiger partial charge in [-0.2, -0.15) is 0 Å². The van der Waals surface area contributed by atoms with E-state index in [2.05, 4.69) is 4.72 Å². The summed E-state index contributed by atoms with van der Waals surface area (Å²) >= 11 is 7.39. The van der Waals surface area contributed by atoms with Crippen LogP contribution in [0.4, 0.5) is 5.69 Å². The summed E-state index contributed by atoms with van der Waals surface area (Å²) in [4.78, 5) is 1.01. The third kappa shape index (κ3) is 4.14. The molecule has 0 aliphatic carbocycles. The highest BCUT2D eigenvalue weighted by Gasteiger charge is 2.13. The topological polar surface area (TPSA) is 72.2 Å². The molecule has 0 aliphatic heterocycles. The van der Waals surface area contributed by atoms with Crippen molar-refractivity contribution in [2.45, 2.75) is 15.5 Å². The highest BCUT2D eigenvalue weighted by molar-refractivity contribution is 7.98. The molecule has 0 saturated heterocycles. The zero-order valence-electron chi connectivity index (χ0n) is 11.3. The molecule has 4 nitrogen and oxygen atoms in total. The van der Waals surface area contributed by atoms with E-state index < -0.39 is 10.0 Å². The summed E-state index contributed by atoms with van der Waals surface area (Å²) in [7, 11) is -2.09. The van der Waals surface area contributed by atoms with Crippen LogP contribution in [-0.2, 0) is 15.8 Å². The summed E-state index contributed by atoms with van der Waals surface area (Å²) in [5.74, 6) is 0.736. The first-order valence-corrected chi connectivity index (χ1v) is 8.97. The van der Waals surface area contributed by atoms with E-state index in [1.54, 1.807) is 23.9 Å². The number of nitrogens with two attached hydrogens (primary N) is 1. The number of nitrogens with one attached hydrogen (secondary N) is 1. The van der Waals surface area contributed by atoms with Crippen molar-refractivity contribution in [3.8, 4) is 0 Å². The highest BCUT2D eigenvalue weighted by atomic mass is 35.5. The predicted octanol–water partition coefficient (Wildman–Crippen LogP) is 3.12. The lowest BCUT2D eigenvalue weighted by molar-refractivity contribution is 0.588. The Morgan fingerprint density at radius 2 is 1.86 bits per heavy atom. The average molecular weight is 343 g/mol. The van der Waals surface area contributed by atoms with E-state index in [0.29, 0.717) is 10.7 Å². The van der Waals surface area contributed by atoms with E-state index >= 15 is 0 Å². The van der Waals surface area contributed by atoms with Crippen LogP contribution in [0.25, 0.3) is 0 Å². The van der Waals surface area contributed by atoms with Crippen LogP contribution in [-0.4, -0.2) is 15.5 Å². The van der Waals surface area contributed by atoms with E-state index in [1.807, 2.05) is 24.3 Å². The molecule has 0 aromatic heterocycles. The standard InChI is InChI=1S/C14H15ClN2O2S2/c1-17-21(18,19)12-6-7-14(13(16)8-12)20-9-10-2-4-11(15)5-3-10/h2-8,17H,9,16H2,1H3. The first-order chi connectivity index (χ1) is 9.92. The smallest absolute Gasteiger partial charge is 0.240 e. The molecule has 3 N–H and O–H groups in total. The zero-order chi connectivity index (χ0) is 15.5. The lowest BCUT2D eigenvalue weighted by atomic mass is 10.2. The lowest BCUT2D eigenvalue weighted by Gasteiger charge is -2.08. The third-order valence-corrected chi connectivity index (χ3v) is 5.69. The number of halogens is 1. The lowest BCUT2D eigenvalue weighted by Crippen LogP contribution is -2.18. The predicted molar refractivity (Wildman–Crippen MR) is 88.1 cm³/mol. The second-order valence-corrected chi connectivity index (χ2v) is 7.66. The minimum absolute atomic E-state index is 0.165. The molecule has 2 aromatic rings. The zero-order valence-corrected chi connectivity index (χ0v) is 13.7. The number of anilines is 1. The Labute approximate surface area is 133 Å². The van der Waals surface area contributed by atoms with Crippen LogP contribution in [0.3, 0.4) is 0 Å². The van der Waals surface area contributed by atoms with Crippen LogP contribution in [0.1, 0.15) is 5.56 Å². The monoisotopic (exact) mass is 342 g/mol. The molecular weight excluding hydrogens is 328 g/mol. The number of benzene rings is 2. The maximum absolute atomic E-state index is 11.7. The Balaban J connectivity index is 2.13. The van der Waals surface area contributed by atoms with Gasteiger partial charge >= 0.3 is 0 Å². The molecule has 0 fully saturated rings. The van der Waals surface area contributed by atoms with Gasteiger partial charge < -0.3 is 5.73 Å². The van der Waals surface area contributed by atoms with E-state index in [0.717, 1.165) is 16.2 Å². The summed E-state index contributed by atoms with van der Waals surface area (Å²) in [6.07, 6.45) is 0. The van der Waals surface area contributed by atoms with Crippen LogP contribution in [0.2, 0.25) is 5.02 Å². The van der Waals surface area contributed by atoms with Gasteiger partial charge in [0.1, 0.15) is 0 Å². The molecule has 0 aliphatic rings. The van der Waals surface area contributed by atoms with Crippen molar-refractivity contribution in [3.05, 3.63) is 53.1 Å². The fourth-order valence-corrected chi connectivity index (χ4v) is 3.48. The molecule has 0 heterocycles. The van der Waals surface area contributed by atoms with Crippen molar-refractivity contribution < 1.29 is 8.42 Å². The first kappa shape index (κ1) is 16.2. The van der Waals surface area contributed by atoms with Crippen molar-refractivity contribution >= 4 is 39.1 Å². The summed E-state index contributed by atoms with van der Waals surface area (Å²) in [6, 6.07) is 12.3. The molecule has 0 atom stereocenters. The van der Waals surface area contributed by atoms with Gasteiger partial charge in [-0.1, -0.05) is 23.7 Å². The van der Waals surface area contributed by atoms with Gasteiger partial charge in [0, 0.05) is 21.4 Å². The first-order valence-electron chi connectivity index (χ1n) is 6.12. The molecule has 2 rings (SSSR count). The summed E-state index contributed by atoms with van der Waals surface area (Å²) in [6.45, 7) is 0. The Kier molecular flexibility index (Phi) is 5.16. The number of thioether (sulfide) groups is 1. The van der Waals surface area contributed by atoms with Crippen LogP contribution >= 0.6 is 23.4 Å². The minimum atomic E-state index is -3.46.